The third-order valence-electron chi connectivity index (χ3n) is 2.57. The van der Waals surface area contributed by atoms with Crippen LogP contribution in [-0.2, 0) is 9.84 Å². The molecule has 0 bridgehead atoms. The molecule has 0 saturated heterocycles. The Morgan fingerprint density at radius 3 is 2.59 bits per heavy atom. The van der Waals surface area contributed by atoms with Crippen LogP contribution < -0.4 is 0 Å². The Kier molecular flexibility index (Phi) is 6.17. The van der Waals surface area contributed by atoms with E-state index in [0.29, 0.717) is 12.3 Å². The molecule has 1 rings (SSSR count). The molecule has 0 spiro atoms. The van der Waals surface area contributed by atoms with E-state index in [1.54, 1.807) is 0 Å². The standard InChI is InChI=1S/C12H16Br2O2S/c1-17(15,16)7-3-5-11(9-13)10-4-2-6-12(14)8-10/h2,4,6,8,11H,3,5,7,9H2,1H3. The summed E-state index contributed by atoms with van der Waals surface area (Å²) in [5.74, 6) is 0.638. The summed E-state index contributed by atoms with van der Waals surface area (Å²) in [5.41, 5.74) is 1.24. The molecule has 0 N–H and O–H groups in total. The van der Waals surface area contributed by atoms with Crippen LogP contribution in [0.2, 0.25) is 0 Å². The predicted octanol–water partition coefficient (Wildman–Crippen LogP) is 3.75. The molecule has 1 unspecified atom stereocenters. The van der Waals surface area contributed by atoms with Gasteiger partial charge in [-0.05, 0) is 36.5 Å². The van der Waals surface area contributed by atoms with E-state index in [4.69, 9.17) is 0 Å². The Bertz CT molecular complexity index is 457. The highest BCUT2D eigenvalue weighted by Gasteiger charge is 2.12. The topological polar surface area (TPSA) is 34.1 Å². The summed E-state index contributed by atoms with van der Waals surface area (Å²) in [5, 5.41) is 0.854. The molecule has 17 heavy (non-hydrogen) atoms. The van der Waals surface area contributed by atoms with E-state index in [-0.39, 0.29) is 5.75 Å². The number of rotatable bonds is 6. The highest BCUT2D eigenvalue weighted by atomic mass is 79.9. The zero-order chi connectivity index (χ0) is 12.9. The third kappa shape index (κ3) is 6.02. The lowest BCUT2D eigenvalue weighted by atomic mass is 9.97. The van der Waals surface area contributed by atoms with Crippen LogP contribution in [0.25, 0.3) is 0 Å². The molecule has 1 atom stereocenters. The average molecular weight is 384 g/mol. The number of sulfone groups is 1. The molecule has 0 aliphatic rings. The van der Waals surface area contributed by atoms with Crippen LogP contribution in [-0.4, -0.2) is 25.8 Å². The van der Waals surface area contributed by atoms with Gasteiger partial charge in [-0.3, -0.25) is 0 Å². The molecule has 2 nitrogen and oxygen atoms in total. The largest absolute Gasteiger partial charge is 0.229 e. The first-order chi connectivity index (χ1) is 7.92. The van der Waals surface area contributed by atoms with Crippen molar-refractivity contribution in [3.8, 4) is 0 Å². The fourth-order valence-corrected chi connectivity index (χ4v) is 3.49. The van der Waals surface area contributed by atoms with Gasteiger partial charge in [-0.1, -0.05) is 44.0 Å². The Morgan fingerprint density at radius 1 is 1.35 bits per heavy atom. The van der Waals surface area contributed by atoms with Gasteiger partial charge < -0.3 is 0 Å². The Balaban J connectivity index is 2.60. The van der Waals surface area contributed by atoms with Crippen LogP contribution in [0, 0.1) is 0 Å². The van der Waals surface area contributed by atoms with Gasteiger partial charge in [0, 0.05) is 21.8 Å². The lowest BCUT2D eigenvalue weighted by molar-refractivity contribution is 0.592. The van der Waals surface area contributed by atoms with E-state index in [9.17, 15) is 8.42 Å². The van der Waals surface area contributed by atoms with Gasteiger partial charge in [-0.15, -0.1) is 0 Å². The molecular weight excluding hydrogens is 368 g/mol. The number of hydrogen-bond donors (Lipinski definition) is 0. The summed E-state index contributed by atoms with van der Waals surface area (Å²) in [4.78, 5) is 0. The SMILES string of the molecule is CS(=O)(=O)CCCC(CBr)c1cccc(Br)c1. The third-order valence-corrected chi connectivity index (χ3v) is 4.88. The van der Waals surface area contributed by atoms with Gasteiger partial charge in [0.05, 0.1) is 0 Å². The van der Waals surface area contributed by atoms with E-state index >= 15 is 0 Å². The van der Waals surface area contributed by atoms with Gasteiger partial charge in [0.25, 0.3) is 0 Å². The zero-order valence-electron chi connectivity index (χ0n) is 9.70. The highest BCUT2D eigenvalue weighted by Crippen LogP contribution is 2.26. The summed E-state index contributed by atoms with van der Waals surface area (Å²) >= 11 is 6.94. The van der Waals surface area contributed by atoms with Crippen molar-refractivity contribution in [2.24, 2.45) is 0 Å². The fraction of sp³-hybridized carbons (Fsp3) is 0.500. The van der Waals surface area contributed by atoms with E-state index in [2.05, 4.69) is 44.0 Å². The van der Waals surface area contributed by atoms with Crippen molar-refractivity contribution < 1.29 is 8.42 Å². The number of hydrogen-bond acceptors (Lipinski definition) is 2. The molecule has 0 fully saturated rings. The van der Waals surface area contributed by atoms with E-state index < -0.39 is 9.84 Å². The van der Waals surface area contributed by atoms with E-state index in [1.165, 1.54) is 11.8 Å². The van der Waals surface area contributed by atoms with Crippen molar-refractivity contribution in [3.63, 3.8) is 0 Å². The molecular formula is C12H16Br2O2S. The van der Waals surface area contributed by atoms with Crippen molar-refractivity contribution in [2.45, 2.75) is 18.8 Å². The highest BCUT2D eigenvalue weighted by molar-refractivity contribution is 9.10. The summed E-state index contributed by atoms with van der Waals surface area (Å²) in [6, 6.07) is 8.17. The summed E-state index contributed by atoms with van der Waals surface area (Å²) in [6.45, 7) is 0. The van der Waals surface area contributed by atoms with Crippen LogP contribution in [0.5, 0.6) is 0 Å². The van der Waals surface area contributed by atoms with Gasteiger partial charge in [0.2, 0.25) is 0 Å². The number of halogens is 2. The fourth-order valence-electron chi connectivity index (χ4n) is 1.69. The molecule has 1 aromatic carbocycles. The van der Waals surface area contributed by atoms with Crippen molar-refractivity contribution in [1.82, 2.24) is 0 Å². The van der Waals surface area contributed by atoms with Crippen molar-refractivity contribution in [1.29, 1.82) is 0 Å². The zero-order valence-corrected chi connectivity index (χ0v) is 13.7. The van der Waals surface area contributed by atoms with E-state index in [1.807, 2.05) is 12.1 Å². The maximum Gasteiger partial charge on any atom is 0.147 e. The maximum absolute atomic E-state index is 11.1. The van der Waals surface area contributed by atoms with Crippen molar-refractivity contribution in [2.75, 3.05) is 17.3 Å². The summed E-state index contributed by atoms with van der Waals surface area (Å²) in [6.07, 6.45) is 2.88. The van der Waals surface area contributed by atoms with Crippen molar-refractivity contribution >= 4 is 41.7 Å². The quantitative estimate of drug-likeness (QED) is 0.701. The molecule has 0 saturated carbocycles. The first-order valence-corrected chi connectivity index (χ1v) is 9.39. The van der Waals surface area contributed by atoms with Crippen LogP contribution in [0.1, 0.15) is 24.3 Å². The molecule has 1 aromatic rings. The minimum Gasteiger partial charge on any atom is -0.229 e. The lowest BCUT2D eigenvalue weighted by Gasteiger charge is -2.14. The van der Waals surface area contributed by atoms with Gasteiger partial charge in [-0.2, -0.15) is 0 Å². The molecule has 0 radical (unpaired) electrons. The van der Waals surface area contributed by atoms with Crippen LogP contribution in [0.3, 0.4) is 0 Å². The Hall–Kier alpha value is 0.130. The van der Waals surface area contributed by atoms with Crippen LogP contribution in [0.4, 0.5) is 0 Å². The number of benzene rings is 1. The molecule has 0 heterocycles. The first kappa shape index (κ1) is 15.2. The van der Waals surface area contributed by atoms with Gasteiger partial charge >= 0.3 is 0 Å². The van der Waals surface area contributed by atoms with E-state index in [0.717, 1.165) is 16.2 Å². The molecule has 0 aliphatic heterocycles. The van der Waals surface area contributed by atoms with Gasteiger partial charge in [0.15, 0.2) is 0 Å². The predicted molar refractivity (Wildman–Crippen MR) is 79.6 cm³/mol. The second-order valence-electron chi connectivity index (χ2n) is 4.18. The second kappa shape index (κ2) is 6.90. The second-order valence-corrected chi connectivity index (χ2v) is 8.00. The Labute approximate surface area is 120 Å². The van der Waals surface area contributed by atoms with Crippen molar-refractivity contribution in [3.05, 3.63) is 34.3 Å². The molecule has 96 valence electrons. The average Bonchev–Trinajstić information content (AvgIpc) is 2.23. The minimum atomic E-state index is -2.84. The minimum absolute atomic E-state index is 0.268. The van der Waals surface area contributed by atoms with Gasteiger partial charge in [-0.25, -0.2) is 8.42 Å². The molecule has 5 heteroatoms. The number of alkyl halides is 1. The first-order valence-electron chi connectivity index (χ1n) is 5.41. The summed E-state index contributed by atoms with van der Waals surface area (Å²) < 4.78 is 23.2. The lowest BCUT2D eigenvalue weighted by Crippen LogP contribution is -2.07. The molecule has 0 amide bonds. The Morgan fingerprint density at radius 2 is 2.06 bits per heavy atom. The summed E-state index contributed by atoms with van der Waals surface area (Å²) in [7, 11) is -2.84. The maximum atomic E-state index is 11.1. The smallest absolute Gasteiger partial charge is 0.147 e. The molecule has 0 aliphatic carbocycles. The van der Waals surface area contributed by atoms with Crippen LogP contribution >= 0.6 is 31.9 Å². The van der Waals surface area contributed by atoms with Gasteiger partial charge in [0.1, 0.15) is 9.84 Å². The monoisotopic (exact) mass is 382 g/mol. The van der Waals surface area contributed by atoms with Crippen LogP contribution in [0.15, 0.2) is 28.7 Å². The molecule has 0 aromatic heterocycles. The normalized spacial score (nSPS) is 13.6.